The number of morpholine rings is 1. The number of carbonyl (C=O) groups is 1. The van der Waals surface area contributed by atoms with Crippen molar-refractivity contribution in [3.8, 4) is 5.75 Å². The van der Waals surface area contributed by atoms with Crippen LogP contribution in [0.2, 0.25) is 0 Å². The van der Waals surface area contributed by atoms with Crippen molar-refractivity contribution < 1.29 is 22.7 Å². The third-order valence-electron chi connectivity index (χ3n) is 5.48. The minimum absolute atomic E-state index is 0.0138. The molecule has 2 saturated heterocycles. The van der Waals surface area contributed by atoms with Gasteiger partial charge < -0.3 is 14.4 Å². The molecule has 7 nitrogen and oxygen atoms in total. The van der Waals surface area contributed by atoms with Crippen LogP contribution in [0.4, 0.5) is 0 Å². The molecule has 0 aliphatic carbocycles. The fourth-order valence-electron chi connectivity index (χ4n) is 3.75. The number of benzene rings is 1. The number of sulfonamides is 1. The Hall–Kier alpha value is -1.64. The third-order valence-corrected chi connectivity index (χ3v) is 6.78. The highest BCUT2D eigenvalue weighted by Gasteiger charge is 2.36. The van der Waals surface area contributed by atoms with E-state index in [1.165, 1.54) is 10.6 Å². The largest absolute Gasteiger partial charge is 0.497 e. The average Bonchev–Trinajstić information content (AvgIpc) is 2.67. The van der Waals surface area contributed by atoms with E-state index in [2.05, 4.69) is 0 Å². The zero-order chi connectivity index (χ0) is 19.6. The fourth-order valence-corrected chi connectivity index (χ4v) is 4.63. The van der Waals surface area contributed by atoms with Crippen LogP contribution in [-0.4, -0.2) is 69.2 Å². The summed E-state index contributed by atoms with van der Waals surface area (Å²) in [6, 6.07) is 7.73. The summed E-state index contributed by atoms with van der Waals surface area (Å²) < 4.78 is 35.9. The summed E-state index contributed by atoms with van der Waals surface area (Å²) in [6.45, 7) is 3.82. The lowest BCUT2D eigenvalue weighted by atomic mass is 9.95. The first-order valence-electron chi connectivity index (χ1n) is 9.30. The molecule has 2 aliphatic rings. The molecule has 2 heterocycles. The van der Waals surface area contributed by atoms with E-state index in [1.54, 1.807) is 7.11 Å². The van der Waals surface area contributed by atoms with E-state index < -0.39 is 10.0 Å². The number of ether oxygens (including phenoxy) is 2. The molecule has 27 heavy (non-hydrogen) atoms. The second kappa shape index (κ2) is 8.16. The number of hydrogen-bond donors (Lipinski definition) is 0. The van der Waals surface area contributed by atoms with E-state index in [0.717, 1.165) is 11.3 Å². The highest BCUT2D eigenvalue weighted by Crippen LogP contribution is 2.29. The minimum Gasteiger partial charge on any atom is -0.497 e. The standard InChI is InChI=1S/C19H28N2O5S/c1-14-13-26-18(15-4-6-17(25-2)7-5-15)12-21(14)19(22)16-8-10-20(11-9-16)27(3,23)24/h4-7,14,16,18H,8-13H2,1-3H3. The molecular formula is C19H28N2O5S. The number of nitrogens with zero attached hydrogens (tertiary/aromatic N) is 2. The Bertz CT molecular complexity index is 757. The summed E-state index contributed by atoms with van der Waals surface area (Å²) in [5, 5.41) is 0. The summed E-state index contributed by atoms with van der Waals surface area (Å²) in [5.41, 5.74) is 1.02. The van der Waals surface area contributed by atoms with E-state index in [9.17, 15) is 13.2 Å². The van der Waals surface area contributed by atoms with Crippen LogP contribution < -0.4 is 4.74 Å². The van der Waals surface area contributed by atoms with Crippen LogP contribution in [0, 0.1) is 5.92 Å². The molecule has 3 rings (SSSR count). The molecule has 1 aromatic carbocycles. The van der Waals surface area contributed by atoms with Gasteiger partial charge in [0.2, 0.25) is 15.9 Å². The molecular weight excluding hydrogens is 368 g/mol. The van der Waals surface area contributed by atoms with Gasteiger partial charge in [0.05, 0.1) is 32.6 Å². The van der Waals surface area contributed by atoms with Crippen molar-refractivity contribution in [2.24, 2.45) is 5.92 Å². The van der Waals surface area contributed by atoms with Crippen LogP contribution in [0.25, 0.3) is 0 Å². The molecule has 8 heteroatoms. The zero-order valence-electron chi connectivity index (χ0n) is 16.1. The first-order chi connectivity index (χ1) is 12.8. The lowest BCUT2D eigenvalue weighted by molar-refractivity contribution is -0.150. The predicted molar refractivity (Wildman–Crippen MR) is 102 cm³/mol. The van der Waals surface area contributed by atoms with Crippen LogP contribution in [0.1, 0.15) is 31.4 Å². The van der Waals surface area contributed by atoms with Gasteiger partial charge in [-0.25, -0.2) is 12.7 Å². The van der Waals surface area contributed by atoms with Gasteiger partial charge in [0.1, 0.15) is 11.9 Å². The van der Waals surface area contributed by atoms with Crippen LogP contribution in [0.3, 0.4) is 0 Å². The maximum atomic E-state index is 13.1. The van der Waals surface area contributed by atoms with Gasteiger partial charge in [0.15, 0.2) is 0 Å². The third kappa shape index (κ3) is 4.62. The highest BCUT2D eigenvalue weighted by atomic mass is 32.2. The van der Waals surface area contributed by atoms with Crippen molar-refractivity contribution in [1.29, 1.82) is 0 Å². The second-order valence-corrected chi connectivity index (χ2v) is 9.35. The normalized spacial score (nSPS) is 25.4. The van der Waals surface area contributed by atoms with Crippen LogP contribution in [0.15, 0.2) is 24.3 Å². The monoisotopic (exact) mass is 396 g/mol. The summed E-state index contributed by atoms with van der Waals surface area (Å²) in [5.74, 6) is 0.769. The maximum Gasteiger partial charge on any atom is 0.226 e. The number of methoxy groups -OCH3 is 1. The first kappa shape index (κ1) is 20.1. The van der Waals surface area contributed by atoms with Gasteiger partial charge in [0.25, 0.3) is 0 Å². The number of piperidine rings is 1. The second-order valence-electron chi connectivity index (χ2n) is 7.37. The minimum atomic E-state index is -3.18. The smallest absolute Gasteiger partial charge is 0.226 e. The first-order valence-corrected chi connectivity index (χ1v) is 11.2. The summed E-state index contributed by atoms with van der Waals surface area (Å²) >= 11 is 0. The van der Waals surface area contributed by atoms with Gasteiger partial charge in [-0.05, 0) is 37.5 Å². The van der Waals surface area contributed by atoms with Crippen molar-refractivity contribution >= 4 is 15.9 Å². The summed E-state index contributed by atoms with van der Waals surface area (Å²) in [7, 11) is -1.55. The lowest BCUT2D eigenvalue weighted by Crippen LogP contribution is -2.52. The molecule has 0 spiro atoms. The van der Waals surface area contributed by atoms with Gasteiger partial charge >= 0.3 is 0 Å². The lowest BCUT2D eigenvalue weighted by Gasteiger charge is -2.41. The zero-order valence-corrected chi connectivity index (χ0v) is 16.9. The Labute approximate surface area is 161 Å². The van der Waals surface area contributed by atoms with Crippen molar-refractivity contribution in [3.63, 3.8) is 0 Å². The Kier molecular flexibility index (Phi) is 6.08. The van der Waals surface area contributed by atoms with E-state index in [4.69, 9.17) is 9.47 Å². The number of hydrogen-bond acceptors (Lipinski definition) is 5. The number of amides is 1. The molecule has 150 valence electrons. The summed E-state index contributed by atoms with van der Waals surface area (Å²) in [6.07, 6.45) is 2.21. The topological polar surface area (TPSA) is 76.2 Å². The molecule has 1 amide bonds. The van der Waals surface area contributed by atoms with E-state index in [0.29, 0.717) is 39.1 Å². The Morgan fingerprint density at radius 2 is 1.81 bits per heavy atom. The average molecular weight is 397 g/mol. The van der Waals surface area contributed by atoms with Gasteiger partial charge in [-0.15, -0.1) is 0 Å². The molecule has 2 unspecified atom stereocenters. The molecule has 0 saturated carbocycles. The number of carbonyl (C=O) groups excluding carboxylic acids is 1. The van der Waals surface area contributed by atoms with Crippen LogP contribution >= 0.6 is 0 Å². The molecule has 2 atom stereocenters. The molecule has 2 aliphatic heterocycles. The highest BCUT2D eigenvalue weighted by molar-refractivity contribution is 7.88. The Morgan fingerprint density at radius 3 is 2.37 bits per heavy atom. The van der Waals surface area contributed by atoms with Crippen molar-refractivity contribution in [3.05, 3.63) is 29.8 Å². The van der Waals surface area contributed by atoms with Crippen LogP contribution in [-0.2, 0) is 19.6 Å². The quantitative estimate of drug-likeness (QED) is 0.774. The predicted octanol–water partition coefficient (Wildman–Crippen LogP) is 1.66. The van der Waals surface area contributed by atoms with Gasteiger partial charge in [-0.2, -0.15) is 0 Å². The van der Waals surface area contributed by atoms with Crippen molar-refractivity contribution in [2.75, 3.05) is 39.6 Å². The molecule has 1 aromatic rings. The molecule has 2 fully saturated rings. The molecule has 0 aromatic heterocycles. The van der Waals surface area contributed by atoms with Gasteiger partial charge in [-0.1, -0.05) is 12.1 Å². The van der Waals surface area contributed by atoms with Gasteiger partial charge in [0, 0.05) is 19.0 Å². The molecule has 0 radical (unpaired) electrons. The van der Waals surface area contributed by atoms with E-state index in [1.807, 2.05) is 36.1 Å². The summed E-state index contributed by atoms with van der Waals surface area (Å²) in [4.78, 5) is 15.0. The Balaban J connectivity index is 1.65. The van der Waals surface area contributed by atoms with E-state index >= 15 is 0 Å². The molecule has 0 bridgehead atoms. The maximum absolute atomic E-state index is 13.1. The Morgan fingerprint density at radius 1 is 1.19 bits per heavy atom. The van der Waals surface area contributed by atoms with Crippen molar-refractivity contribution in [1.82, 2.24) is 9.21 Å². The molecule has 0 N–H and O–H groups in total. The van der Waals surface area contributed by atoms with Gasteiger partial charge in [-0.3, -0.25) is 4.79 Å². The van der Waals surface area contributed by atoms with E-state index in [-0.39, 0.29) is 24.0 Å². The van der Waals surface area contributed by atoms with Crippen molar-refractivity contribution in [2.45, 2.75) is 31.9 Å². The van der Waals surface area contributed by atoms with Crippen LogP contribution in [0.5, 0.6) is 5.75 Å². The fraction of sp³-hybridized carbons (Fsp3) is 0.632. The number of rotatable bonds is 4. The SMILES string of the molecule is COc1ccc(C2CN(C(=O)C3CCN(S(C)(=O)=O)CC3)C(C)CO2)cc1.